The third-order valence-electron chi connectivity index (χ3n) is 3.41. The number of nitrogens with zero attached hydrogens (tertiary/aromatic N) is 1. The number of hydrogen-bond acceptors (Lipinski definition) is 5. The van der Waals surface area contributed by atoms with E-state index >= 15 is 0 Å². The number of benzene rings is 1. The average molecular weight is 380 g/mol. The summed E-state index contributed by atoms with van der Waals surface area (Å²) in [5.41, 5.74) is -0.572. The number of aromatic nitrogens is 2. The zero-order chi connectivity index (χ0) is 19.3. The first-order chi connectivity index (χ1) is 12.3. The Labute approximate surface area is 151 Å². The van der Waals surface area contributed by atoms with Crippen LogP contribution in [0, 0.1) is 0 Å². The number of halogens is 1. The molecule has 1 amide bonds. The molecule has 2 aromatic rings. The minimum absolute atomic E-state index is 0.212. The predicted molar refractivity (Wildman–Crippen MR) is 91.1 cm³/mol. The largest absolute Gasteiger partial charge is 0.481 e. The molecule has 0 aliphatic heterocycles. The monoisotopic (exact) mass is 379 g/mol. The number of carboxylic acids is 2. The molecule has 0 saturated carbocycles. The lowest BCUT2D eigenvalue weighted by Crippen LogP contribution is -2.42. The SMILES string of the molecule is O=C(O)CC[C@H](NC(=O)c1cnc(-c2ccc(Cl)cc2)[nH]c1=O)C(=O)O. The molecule has 0 fully saturated rings. The fourth-order valence-corrected chi connectivity index (χ4v) is 2.20. The van der Waals surface area contributed by atoms with Gasteiger partial charge in [-0.1, -0.05) is 11.6 Å². The van der Waals surface area contributed by atoms with Gasteiger partial charge in [0.05, 0.1) is 0 Å². The van der Waals surface area contributed by atoms with E-state index in [1.165, 1.54) is 0 Å². The molecule has 1 aromatic heterocycles. The normalized spacial score (nSPS) is 11.6. The summed E-state index contributed by atoms with van der Waals surface area (Å²) in [6.07, 6.45) is 0.264. The standard InChI is InChI=1S/C16H14ClN3O6/c17-9-3-1-8(2-4-9)13-18-7-10(15(24)20-13)14(23)19-11(16(25)26)5-6-12(21)22/h1-4,7,11H,5-6H2,(H,19,23)(H,21,22)(H,25,26)(H,18,20,24)/t11-/m0/s1. The maximum Gasteiger partial charge on any atom is 0.326 e. The predicted octanol–water partition coefficient (Wildman–Crippen LogP) is 1.14. The first kappa shape index (κ1) is 19.1. The van der Waals surface area contributed by atoms with Crippen molar-refractivity contribution in [2.75, 3.05) is 0 Å². The van der Waals surface area contributed by atoms with Crippen LogP contribution < -0.4 is 10.9 Å². The van der Waals surface area contributed by atoms with Gasteiger partial charge in [-0.2, -0.15) is 0 Å². The second-order valence-electron chi connectivity index (χ2n) is 5.28. The van der Waals surface area contributed by atoms with Crippen molar-refractivity contribution >= 4 is 29.4 Å². The third kappa shape index (κ3) is 4.90. The van der Waals surface area contributed by atoms with Crippen LogP contribution in [-0.2, 0) is 9.59 Å². The summed E-state index contributed by atoms with van der Waals surface area (Å²) in [6.45, 7) is 0. The van der Waals surface area contributed by atoms with Gasteiger partial charge in [0.25, 0.3) is 11.5 Å². The lowest BCUT2D eigenvalue weighted by atomic mass is 10.1. The Morgan fingerprint density at radius 2 is 1.85 bits per heavy atom. The van der Waals surface area contributed by atoms with Crippen LogP contribution in [0.2, 0.25) is 5.02 Å². The van der Waals surface area contributed by atoms with Crippen molar-refractivity contribution < 1.29 is 24.6 Å². The molecule has 0 unspecified atom stereocenters. The quantitative estimate of drug-likeness (QED) is 0.563. The van der Waals surface area contributed by atoms with Crippen LogP contribution in [-0.4, -0.2) is 44.1 Å². The number of amides is 1. The highest BCUT2D eigenvalue weighted by Gasteiger charge is 2.23. The van der Waals surface area contributed by atoms with Gasteiger partial charge in [-0.05, 0) is 30.7 Å². The van der Waals surface area contributed by atoms with E-state index < -0.39 is 35.9 Å². The molecule has 1 atom stereocenters. The molecular formula is C16H14ClN3O6. The van der Waals surface area contributed by atoms with Gasteiger partial charge in [-0.25, -0.2) is 9.78 Å². The molecule has 9 nitrogen and oxygen atoms in total. The molecule has 26 heavy (non-hydrogen) atoms. The first-order valence-electron chi connectivity index (χ1n) is 7.38. The molecule has 0 aliphatic carbocycles. The van der Waals surface area contributed by atoms with E-state index in [4.69, 9.17) is 21.8 Å². The Balaban J connectivity index is 2.18. The van der Waals surface area contributed by atoms with Crippen LogP contribution in [0.3, 0.4) is 0 Å². The lowest BCUT2D eigenvalue weighted by molar-refractivity contribution is -0.140. The zero-order valence-corrected chi connectivity index (χ0v) is 14.0. The second kappa shape index (κ2) is 8.26. The number of nitrogens with one attached hydrogen (secondary N) is 2. The summed E-state index contributed by atoms with van der Waals surface area (Å²) in [4.78, 5) is 52.3. The molecule has 4 N–H and O–H groups in total. The van der Waals surface area contributed by atoms with Crippen LogP contribution >= 0.6 is 11.6 Å². The van der Waals surface area contributed by atoms with Crippen LogP contribution in [0.1, 0.15) is 23.2 Å². The van der Waals surface area contributed by atoms with Gasteiger partial charge in [-0.3, -0.25) is 14.4 Å². The maximum atomic E-state index is 12.1. The molecule has 0 aliphatic rings. The van der Waals surface area contributed by atoms with Gasteiger partial charge in [0.15, 0.2) is 0 Å². The van der Waals surface area contributed by atoms with Gasteiger partial charge in [0.1, 0.15) is 17.4 Å². The van der Waals surface area contributed by atoms with E-state index in [1.807, 2.05) is 0 Å². The average Bonchev–Trinajstić information content (AvgIpc) is 2.58. The number of H-pyrrole nitrogens is 1. The van der Waals surface area contributed by atoms with E-state index in [0.29, 0.717) is 10.6 Å². The van der Waals surface area contributed by atoms with Crippen molar-refractivity contribution in [3.8, 4) is 11.4 Å². The zero-order valence-electron chi connectivity index (χ0n) is 13.2. The van der Waals surface area contributed by atoms with Crippen LogP contribution in [0.25, 0.3) is 11.4 Å². The molecule has 0 bridgehead atoms. The van der Waals surface area contributed by atoms with E-state index in [-0.39, 0.29) is 17.8 Å². The number of carbonyl (C=O) groups excluding carboxylic acids is 1. The molecule has 1 aromatic carbocycles. The molecule has 136 valence electrons. The summed E-state index contributed by atoms with van der Waals surface area (Å²) in [5, 5.41) is 20.3. The van der Waals surface area contributed by atoms with Crippen molar-refractivity contribution in [2.45, 2.75) is 18.9 Å². The van der Waals surface area contributed by atoms with Crippen molar-refractivity contribution in [3.05, 3.63) is 51.4 Å². The molecule has 10 heteroatoms. The smallest absolute Gasteiger partial charge is 0.326 e. The fourth-order valence-electron chi connectivity index (χ4n) is 2.07. The highest BCUT2D eigenvalue weighted by molar-refractivity contribution is 6.30. The Morgan fingerprint density at radius 3 is 2.38 bits per heavy atom. The van der Waals surface area contributed by atoms with E-state index in [1.54, 1.807) is 24.3 Å². The van der Waals surface area contributed by atoms with Gasteiger partial charge in [0, 0.05) is 23.2 Å². The molecule has 1 heterocycles. The third-order valence-corrected chi connectivity index (χ3v) is 3.66. The number of carbonyl (C=O) groups is 3. The van der Waals surface area contributed by atoms with Gasteiger partial charge in [-0.15, -0.1) is 0 Å². The number of aliphatic carboxylic acids is 2. The summed E-state index contributed by atoms with van der Waals surface area (Å²) < 4.78 is 0. The van der Waals surface area contributed by atoms with Crippen molar-refractivity contribution in [1.29, 1.82) is 0 Å². The Bertz CT molecular complexity index is 894. The number of aromatic amines is 1. The van der Waals surface area contributed by atoms with Crippen molar-refractivity contribution in [1.82, 2.24) is 15.3 Å². The summed E-state index contributed by atoms with van der Waals surface area (Å²) >= 11 is 5.79. The number of rotatable bonds is 7. The Hall–Kier alpha value is -3.20. The lowest BCUT2D eigenvalue weighted by Gasteiger charge is -2.13. The van der Waals surface area contributed by atoms with E-state index in [2.05, 4.69) is 15.3 Å². The Morgan fingerprint density at radius 1 is 1.19 bits per heavy atom. The van der Waals surface area contributed by atoms with Gasteiger partial charge in [0.2, 0.25) is 0 Å². The highest BCUT2D eigenvalue weighted by atomic mass is 35.5. The van der Waals surface area contributed by atoms with Crippen LogP contribution in [0.15, 0.2) is 35.3 Å². The van der Waals surface area contributed by atoms with E-state index in [9.17, 15) is 19.2 Å². The van der Waals surface area contributed by atoms with Crippen LogP contribution in [0.5, 0.6) is 0 Å². The summed E-state index contributed by atoms with van der Waals surface area (Å²) in [6, 6.07) is 5.04. The van der Waals surface area contributed by atoms with Crippen molar-refractivity contribution in [3.63, 3.8) is 0 Å². The minimum atomic E-state index is -1.44. The number of carboxylic acid groups (broad SMARTS) is 2. The second-order valence-corrected chi connectivity index (χ2v) is 5.71. The van der Waals surface area contributed by atoms with Crippen molar-refractivity contribution in [2.24, 2.45) is 0 Å². The Kier molecular flexibility index (Phi) is 6.07. The van der Waals surface area contributed by atoms with E-state index in [0.717, 1.165) is 6.20 Å². The van der Waals surface area contributed by atoms with Crippen LogP contribution in [0.4, 0.5) is 0 Å². The summed E-state index contributed by atoms with van der Waals surface area (Å²) in [7, 11) is 0. The topological polar surface area (TPSA) is 149 Å². The first-order valence-corrected chi connectivity index (χ1v) is 7.76. The molecule has 0 spiro atoms. The maximum absolute atomic E-state index is 12.1. The molecular weight excluding hydrogens is 366 g/mol. The van der Waals surface area contributed by atoms with Gasteiger partial charge >= 0.3 is 11.9 Å². The molecule has 0 radical (unpaired) electrons. The number of hydrogen-bond donors (Lipinski definition) is 4. The summed E-state index contributed by atoms with van der Waals surface area (Å²) in [5.74, 6) is -3.35. The fraction of sp³-hybridized carbons (Fsp3) is 0.188. The molecule has 2 rings (SSSR count). The van der Waals surface area contributed by atoms with Gasteiger partial charge < -0.3 is 20.5 Å². The highest BCUT2D eigenvalue weighted by Crippen LogP contribution is 2.16. The minimum Gasteiger partial charge on any atom is -0.481 e. The molecule has 0 saturated heterocycles.